The molecule has 25 heavy (non-hydrogen) atoms. The number of hydrogen-bond donors (Lipinski definition) is 1. The number of aliphatic hydroxyl groups excluding tert-OH is 1. The Morgan fingerprint density at radius 1 is 1.20 bits per heavy atom. The zero-order valence-electron chi connectivity index (χ0n) is 13.9. The Bertz CT molecular complexity index is 734. The summed E-state index contributed by atoms with van der Waals surface area (Å²) in [7, 11) is 1.53. The minimum absolute atomic E-state index is 0.162. The van der Waals surface area contributed by atoms with E-state index < -0.39 is 6.10 Å². The fraction of sp³-hybridized carbons (Fsp3) is 0.316. The average molecular weight is 345 g/mol. The molecule has 1 heterocycles. The fourth-order valence-electron chi connectivity index (χ4n) is 3.05. The van der Waals surface area contributed by atoms with E-state index in [4.69, 9.17) is 9.47 Å². The van der Waals surface area contributed by atoms with E-state index >= 15 is 0 Å². The van der Waals surface area contributed by atoms with Crippen LogP contribution in [0.5, 0.6) is 11.5 Å². The maximum Gasteiger partial charge on any atom is 0.261 e. The third-order valence-electron chi connectivity index (χ3n) is 4.27. The summed E-state index contributed by atoms with van der Waals surface area (Å²) < 4.78 is 23.9. The van der Waals surface area contributed by atoms with Crippen molar-refractivity contribution >= 4 is 5.91 Å². The molecule has 0 saturated carbocycles. The van der Waals surface area contributed by atoms with Crippen molar-refractivity contribution in [2.75, 3.05) is 20.3 Å². The molecule has 0 radical (unpaired) electrons. The lowest BCUT2D eigenvalue weighted by Crippen LogP contribution is -2.35. The summed E-state index contributed by atoms with van der Waals surface area (Å²) >= 11 is 0. The predicted octanol–water partition coefficient (Wildman–Crippen LogP) is 2.55. The third-order valence-corrected chi connectivity index (χ3v) is 4.27. The summed E-state index contributed by atoms with van der Waals surface area (Å²) in [5.41, 5.74) is 0.795. The van der Waals surface area contributed by atoms with Crippen LogP contribution < -0.4 is 9.47 Å². The van der Waals surface area contributed by atoms with Gasteiger partial charge in [0.1, 0.15) is 5.82 Å². The van der Waals surface area contributed by atoms with Gasteiger partial charge in [0.05, 0.1) is 19.3 Å². The number of halogens is 1. The van der Waals surface area contributed by atoms with Gasteiger partial charge in [0.2, 0.25) is 0 Å². The number of likely N-dealkylation sites (tertiary alicyclic amines) is 1. The molecule has 1 saturated heterocycles. The first-order valence-electron chi connectivity index (χ1n) is 8.07. The van der Waals surface area contributed by atoms with Crippen LogP contribution in [0.2, 0.25) is 0 Å². The monoisotopic (exact) mass is 345 g/mol. The summed E-state index contributed by atoms with van der Waals surface area (Å²) in [6.45, 7) is 0.0704. The van der Waals surface area contributed by atoms with Crippen LogP contribution in [0.15, 0.2) is 48.5 Å². The van der Waals surface area contributed by atoms with Crippen LogP contribution in [0.1, 0.15) is 18.0 Å². The van der Waals surface area contributed by atoms with Gasteiger partial charge < -0.3 is 19.5 Å². The van der Waals surface area contributed by atoms with E-state index in [0.29, 0.717) is 17.9 Å². The van der Waals surface area contributed by atoms with Crippen molar-refractivity contribution in [1.82, 2.24) is 4.90 Å². The van der Waals surface area contributed by atoms with E-state index in [1.165, 1.54) is 19.2 Å². The van der Waals surface area contributed by atoms with Gasteiger partial charge in [-0.2, -0.15) is 0 Å². The zero-order chi connectivity index (χ0) is 17.8. The average Bonchev–Trinajstić information content (AvgIpc) is 3.02. The first-order chi connectivity index (χ1) is 12.1. The predicted molar refractivity (Wildman–Crippen MR) is 90.0 cm³/mol. The maximum absolute atomic E-state index is 13.1. The summed E-state index contributed by atoms with van der Waals surface area (Å²) in [6.07, 6.45) is -0.184. The minimum Gasteiger partial charge on any atom is -0.493 e. The van der Waals surface area contributed by atoms with Gasteiger partial charge in [-0.3, -0.25) is 4.79 Å². The third kappa shape index (κ3) is 3.91. The highest BCUT2D eigenvalue weighted by Gasteiger charge is 2.35. The molecule has 0 aliphatic carbocycles. The molecule has 1 amide bonds. The molecule has 0 unspecified atom stereocenters. The number of amides is 1. The van der Waals surface area contributed by atoms with Gasteiger partial charge in [0, 0.05) is 6.54 Å². The van der Waals surface area contributed by atoms with Crippen LogP contribution in [-0.4, -0.2) is 42.3 Å². The number of para-hydroxylation sites is 2. The Labute approximate surface area is 145 Å². The molecule has 0 spiro atoms. The van der Waals surface area contributed by atoms with Gasteiger partial charge >= 0.3 is 0 Å². The van der Waals surface area contributed by atoms with Crippen LogP contribution in [0, 0.1) is 5.82 Å². The molecule has 1 aliphatic rings. The number of aliphatic hydroxyl groups is 1. The maximum atomic E-state index is 13.1. The first-order valence-corrected chi connectivity index (χ1v) is 8.07. The molecule has 1 fully saturated rings. The lowest BCUT2D eigenvalue weighted by Gasteiger charge is -2.25. The van der Waals surface area contributed by atoms with Crippen molar-refractivity contribution < 1.29 is 23.8 Å². The number of benzene rings is 2. The minimum atomic E-state index is -0.606. The van der Waals surface area contributed by atoms with Crippen molar-refractivity contribution in [3.63, 3.8) is 0 Å². The van der Waals surface area contributed by atoms with E-state index in [0.717, 1.165) is 5.56 Å². The molecule has 2 aromatic rings. The number of nitrogens with zero attached hydrogens (tertiary/aromatic N) is 1. The topological polar surface area (TPSA) is 59.0 Å². The highest BCUT2D eigenvalue weighted by Crippen LogP contribution is 2.33. The number of β-amino-alcohol motifs (C(OH)–C–C–N with tert-alkyl or cyclic N) is 1. The van der Waals surface area contributed by atoms with E-state index in [-0.39, 0.29) is 30.9 Å². The summed E-state index contributed by atoms with van der Waals surface area (Å²) in [5, 5.41) is 9.97. The van der Waals surface area contributed by atoms with Crippen LogP contribution >= 0.6 is 0 Å². The van der Waals surface area contributed by atoms with Crippen molar-refractivity contribution in [3.05, 3.63) is 59.9 Å². The van der Waals surface area contributed by atoms with Crippen molar-refractivity contribution in [2.24, 2.45) is 0 Å². The molecule has 2 atom stereocenters. The van der Waals surface area contributed by atoms with Gasteiger partial charge in [-0.05, 0) is 36.2 Å². The highest BCUT2D eigenvalue weighted by atomic mass is 19.1. The Kier molecular flexibility index (Phi) is 5.19. The van der Waals surface area contributed by atoms with Crippen LogP contribution in [-0.2, 0) is 4.79 Å². The van der Waals surface area contributed by atoms with Crippen LogP contribution in [0.3, 0.4) is 0 Å². The Balaban J connectivity index is 1.70. The lowest BCUT2D eigenvalue weighted by molar-refractivity contribution is -0.134. The fourth-order valence-corrected chi connectivity index (χ4v) is 3.05. The van der Waals surface area contributed by atoms with E-state index in [1.807, 2.05) is 6.07 Å². The second kappa shape index (κ2) is 7.53. The molecule has 0 aromatic heterocycles. The largest absolute Gasteiger partial charge is 0.493 e. The number of methoxy groups -OCH3 is 1. The summed E-state index contributed by atoms with van der Waals surface area (Å²) in [5.74, 6) is 0.458. The quantitative estimate of drug-likeness (QED) is 0.905. The van der Waals surface area contributed by atoms with Crippen molar-refractivity contribution in [2.45, 2.75) is 18.6 Å². The van der Waals surface area contributed by atoms with E-state index in [2.05, 4.69) is 0 Å². The normalized spacial score (nSPS) is 19.7. The molecule has 2 aromatic carbocycles. The molecule has 1 N–H and O–H groups in total. The number of hydrogen-bond acceptors (Lipinski definition) is 4. The van der Waals surface area contributed by atoms with Crippen molar-refractivity contribution in [1.29, 1.82) is 0 Å². The Morgan fingerprint density at radius 2 is 1.88 bits per heavy atom. The molecule has 3 rings (SSSR count). The first kappa shape index (κ1) is 17.2. The van der Waals surface area contributed by atoms with Gasteiger partial charge in [-0.1, -0.05) is 24.3 Å². The highest BCUT2D eigenvalue weighted by molar-refractivity contribution is 5.78. The summed E-state index contributed by atoms with van der Waals surface area (Å²) in [6, 6.07) is 12.8. The number of ether oxygens (including phenoxy) is 2. The molecule has 0 bridgehead atoms. The number of rotatable bonds is 5. The Hall–Kier alpha value is -2.60. The van der Waals surface area contributed by atoms with E-state index in [9.17, 15) is 14.3 Å². The molecule has 6 heteroatoms. The van der Waals surface area contributed by atoms with E-state index in [1.54, 1.807) is 35.2 Å². The van der Waals surface area contributed by atoms with Crippen LogP contribution in [0.4, 0.5) is 4.39 Å². The standard InChI is InChI=1S/C19H20FNO4/c1-24-17-4-2-3-5-18(17)25-12-19(23)21-11-15(22)10-16(21)13-6-8-14(20)9-7-13/h2-9,15-16,22H,10-12H2,1H3/t15-,16+/m0/s1. The molecular formula is C19H20FNO4. The second-order valence-corrected chi connectivity index (χ2v) is 5.94. The summed E-state index contributed by atoms with van der Waals surface area (Å²) in [4.78, 5) is 14.2. The molecule has 132 valence electrons. The lowest BCUT2D eigenvalue weighted by atomic mass is 10.0. The smallest absolute Gasteiger partial charge is 0.261 e. The van der Waals surface area contributed by atoms with Crippen molar-refractivity contribution in [3.8, 4) is 11.5 Å². The molecular weight excluding hydrogens is 325 g/mol. The second-order valence-electron chi connectivity index (χ2n) is 5.94. The molecule has 5 nitrogen and oxygen atoms in total. The number of carbonyl (C=O) groups is 1. The number of carbonyl (C=O) groups excluding carboxylic acids is 1. The SMILES string of the molecule is COc1ccccc1OCC(=O)N1C[C@@H](O)C[C@@H]1c1ccc(F)cc1. The van der Waals surface area contributed by atoms with Crippen LogP contribution in [0.25, 0.3) is 0 Å². The van der Waals surface area contributed by atoms with Gasteiger partial charge in [0.25, 0.3) is 5.91 Å². The Morgan fingerprint density at radius 3 is 2.56 bits per heavy atom. The van der Waals surface area contributed by atoms with Gasteiger partial charge in [0.15, 0.2) is 18.1 Å². The van der Waals surface area contributed by atoms with Gasteiger partial charge in [-0.25, -0.2) is 4.39 Å². The van der Waals surface area contributed by atoms with Gasteiger partial charge in [-0.15, -0.1) is 0 Å². The zero-order valence-corrected chi connectivity index (χ0v) is 13.9. The molecule has 1 aliphatic heterocycles.